The number of amides is 2. The number of nitrogens with zero attached hydrogens (tertiary/aromatic N) is 1. The van der Waals surface area contributed by atoms with E-state index in [1.165, 1.54) is 29.8 Å². The number of carbonyl (C=O) groups is 1. The number of thioether (sulfide) groups is 1. The molecule has 0 aliphatic carbocycles. The first-order valence-electron chi connectivity index (χ1n) is 8.91. The van der Waals surface area contributed by atoms with Gasteiger partial charge >= 0.3 is 6.03 Å². The van der Waals surface area contributed by atoms with Gasteiger partial charge in [-0.25, -0.2) is 4.79 Å². The molecule has 2 amide bonds. The zero-order valence-corrected chi connectivity index (χ0v) is 14.7. The average molecular weight is 347 g/mol. The number of urea groups is 1. The molecule has 2 saturated heterocycles. The second-order valence-electron chi connectivity index (χ2n) is 6.83. The standard InChI is InChI=1S/C18H25N3O2S/c22-18(19-10-14-11-21-8-3-4-13(21)12-23-14)20-16-7-9-24-17-6-2-1-5-15(16)17/h1-2,5-6,13-14,16H,3-4,7-12H2,(H2,19,20,22). The van der Waals surface area contributed by atoms with Gasteiger partial charge in [0, 0.05) is 29.8 Å². The molecule has 2 N–H and O–H groups in total. The lowest BCUT2D eigenvalue weighted by Gasteiger charge is -2.35. The largest absolute Gasteiger partial charge is 0.373 e. The van der Waals surface area contributed by atoms with E-state index in [9.17, 15) is 4.79 Å². The van der Waals surface area contributed by atoms with Crippen molar-refractivity contribution in [2.75, 3.05) is 32.0 Å². The van der Waals surface area contributed by atoms with E-state index in [0.29, 0.717) is 12.6 Å². The van der Waals surface area contributed by atoms with Crippen LogP contribution in [0.5, 0.6) is 0 Å². The summed E-state index contributed by atoms with van der Waals surface area (Å²) in [5.41, 5.74) is 1.23. The van der Waals surface area contributed by atoms with Crippen molar-refractivity contribution in [2.24, 2.45) is 0 Å². The van der Waals surface area contributed by atoms with Crippen molar-refractivity contribution in [3.63, 3.8) is 0 Å². The van der Waals surface area contributed by atoms with Gasteiger partial charge in [0.25, 0.3) is 0 Å². The zero-order valence-electron chi connectivity index (χ0n) is 13.9. The van der Waals surface area contributed by atoms with Crippen molar-refractivity contribution in [3.8, 4) is 0 Å². The Labute approximate surface area is 147 Å². The van der Waals surface area contributed by atoms with Crippen molar-refractivity contribution in [2.45, 2.75) is 42.3 Å². The van der Waals surface area contributed by atoms with Crippen molar-refractivity contribution in [1.82, 2.24) is 15.5 Å². The molecule has 3 aliphatic rings. The molecule has 5 nitrogen and oxygen atoms in total. The summed E-state index contributed by atoms with van der Waals surface area (Å²) in [6.07, 6.45) is 3.61. The fourth-order valence-corrected chi connectivity index (χ4v) is 5.04. The van der Waals surface area contributed by atoms with Gasteiger partial charge in [0.1, 0.15) is 0 Å². The van der Waals surface area contributed by atoms with E-state index in [4.69, 9.17) is 4.74 Å². The highest BCUT2D eigenvalue weighted by Gasteiger charge is 2.32. The van der Waals surface area contributed by atoms with Crippen LogP contribution in [0.3, 0.4) is 0 Å². The van der Waals surface area contributed by atoms with Crippen molar-refractivity contribution >= 4 is 17.8 Å². The number of ether oxygens (including phenoxy) is 1. The molecule has 24 heavy (non-hydrogen) atoms. The number of rotatable bonds is 3. The van der Waals surface area contributed by atoms with Crippen molar-refractivity contribution in [3.05, 3.63) is 29.8 Å². The van der Waals surface area contributed by atoms with Crippen LogP contribution in [0.15, 0.2) is 29.2 Å². The maximum Gasteiger partial charge on any atom is 0.315 e. The molecule has 0 spiro atoms. The highest BCUT2D eigenvalue weighted by atomic mass is 32.2. The van der Waals surface area contributed by atoms with Gasteiger partial charge in [0.2, 0.25) is 0 Å². The van der Waals surface area contributed by atoms with Gasteiger partial charge in [-0.1, -0.05) is 18.2 Å². The molecule has 130 valence electrons. The van der Waals surface area contributed by atoms with Crippen LogP contribution in [-0.4, -0.2) is 55.1 Å². The fraction of sp³-hybridized carbons (Fsp3) is 0.611. The highest BCUT2D eigenvalue weighted by Crippen LogP contribution is 2.35. The first kappa shape index (κ1) is 16.2. The number of hydrogen-bond acceptors (Lipinski definition) is 4. The summed E-state index contributed by atoms with van der Waals surface area (Å²) in [6.45, 7) is 3.50. The normalized spacial score (nSPS) is 29.6. The molecule has 3 atom stereocenters. The lowest BCUT2D eigenvalue weighted by atomic mass is 10.0. The Kier molecular flexibility index (Phi) is 4.96. The third kappa shape index (κ3) is 3.55. The smallest absolute Gasteiger partial charge is 0.315 e. The molecular weight excluding hydrogens is 322 g/mol. The van der Waals surface area contributed by atoms with Crippen LogP contribution in [0.25, 0.3) is 0 Å². The van der Waals surface area contributed by atoms with Crippen molar-refractivity contribution < 1.29 is 9.53 Å². The average Bonchev–Trinajstić information content (AvgIpc) is 3.08. The molecule has 0 bridgehead atoms. The topological polar surface area (TPSA) is 53.6 Å². The van der Waals surface area contributed by atoms with E-state index < -0.39 is 0 Å². The van der Waals surface area contributed by atoms with E-state index in [2.05, 4.69) is 33.7 Å². The lowest BCUT2D eigenvalue weighted by Crippen LogP contribution is -2.51. The van der Waals surface area contributed by atoms with Gasteiger partial charge in [-0.2, -0.15) is 0 Å². The van der Waals surface area contributed by atoms with E-state index in [1.54, 1.807) is 0 Å². The number of morpholine rings is 1. The molecule has 4 rings (SSSR count). The van der Waals surface area contributed by atoms with E-state index in [1.807, 2.05) is 17.8 Å². The monoisotopic (exact) mass is 347 g/mol. The molecule has 6 heteroatoms. The molecule has 0 saturated carbocycles. The van der Waals surface area contributed by atoms with Gasteiger partial charge in [-0.05, 0) is 37.4 Å². The molecular formula is C18H25N3O2S. The van der Waals surface area contributed by atoms with E-state index in [-0.39, 0.29) is 18.2 Å². The summed E-state index contributed by atoms with van der Waals surface area (Å²) >= 11 is 1.87. The maximum absolute atomic E-state index is 12.3. The molecule has 0 aromatic heterocycles. The van der Waals surface area contributed by atoms with Crippen LogP contribution in [-0.2, 0) is 4.74 Å². The van der Waals surface area contributed by atoms with Crippen LogP contribution in [0.1, 0.15) is 30.9 Å². The summed E-state index contributed by atoms with van der Waals surface area (Å²) in [7, 11) is 0. The van der Waals surface area contributed by atoms with Gasteiger partial charge in [0.05, 0.1) is 18.8 Å². The Morgan fingerprint density at radius 3 is 3.21 bits per heavy atom. The van der Waals surface area contributed by atoms with Crippen LogP contribution in [0.2, 0.25) is 0 Å². The number of benzene rings is 1. The van der Waals surface area contributed by atoms with Crippen LogP contribution < -0.4 is 10.6 Å². The minimum Gasteiger partial charge on any atom is -0.373 e. The predicted molar refractivity (Wildman–Crippen MR) is 95.4 cm³/mol. The second kappa shape index (κ2) is 7.33. The summed E-state index contributed by atoms with van der Waals surface area (Å²) in [5, 5.41) is 6.13. The highest BCUT2D eigenvalue weighted by molar-refractivity contribution is 7.99. The van der Waals surface area contributed by atoms with Crippen molar-refractivity contribution in [1.29, 1.82) is 0 Å². The number of nitrogens with one attached hydrogen (secondary N) is 2. The number of fused-ring (bicyclic) bond motifs is 2. The Morgan fingerprint density at radius 1 is 1.33 bits per heavy atom. The Balaban J connectivity index is 1.27. The Morgan fingerprint density at radius 2 is 2.25 bits per heavy atom. The minimum atomic E-state index is -0.0890. The first-order valence-corrected chi connectivity index (χ1v) is 9.90. The SMILES string of the molecule is O=C(NCC1CN2CCCC2CO1)NC1CCSc2ccccc21. The lowest BCUT2D eigenvalue weighted by molar-refractivity contribution is -0.0458. The first-order chi connectivity index (χ1) is 11.8. The zero-order chi connectivity index (χ0) is 16.4. The summed E-state index contributed by atoms with van der Waals surface area (Å²) in [4.78, 5) is 16.1. The molecule has 3 aliphatic heterocycles. The third-order valence-electron chi connectivity index (χ3n) is 5.22. The summed E-state index contributed by atoms with van der Waals surface area (Å²) in [6, 6.07) is 8.97. The van der Waals surface area contributed by atoms with Crippen LogP contribution in [0.4, 0.5) is 4.79 Å². The maximum atomic E-state index is 12.3. The van der Waals surface area contributed by atoms with E-state index >= 15 is 0 Å². The summed E-state index contributed by atoms with van der Waals surface area (Å²) < 4.78 is 5.90. The van der Waals surface area contributed by atoms with Gasteiger partial charge < -0.3 is 15.4 Å². The number of hydrogen-bond donors (Lipinski definition) is 2. The molecule has 3 heterocycles. The Bertz CT molecular complexity index is 597. The van der Waals surface area contributed by atoms with Crippen LogP contribution >= 0.6 is 11.8 Å². The quantitative estimate of drug-likeness (QED) is 0.882. The predicted octanol–water partition coefficient (Wildman–Crippen LogP) is 2.39. The van der Waals surface area contributed by atoms with Gasteiger partial charge in [0.15, 0.2) is 0 Å². The van der Waals surface area contributed by atoms with Crippen LogP contribution in [0, 0.1) is 0 Å². The van der Waals surface area contributed by atoms with Gasteiger partial charge in [-0.15, -0.1) is 11.8 Å². The Hall–Kier alpha value is -1.24. The third-order valence-corrected chi connectivity index (χ3v) is 6.34. The molecule has 1 aromatic carbocycles. The molecule has 2 fully saturated rings. The molecule has 3 unspecified atom stereocenters. The number of carbonyl (C=O) groups excluding carboxylic acids is 1. The second-order valence-corrected chi connectivity index (χ2v) is 7.96. The minimum absolute atomic E-state index is 0.0890. The van der Waals surface area contributed by atoms with E-state index in [0.717, 1.165) is 25.3 Å². The molecule has 0 radical (unpaired) electrons. The fourth-order valence-electron chi connectivity index (χ4n) is 3.92. The summed E-state index contributed by atoms with van der Waals surface area (Å²) in [5.74, 6) is 1.05. The van der Waals surface area contributed by atoms with Gasteiger partial charge in [-0.3, -0.25) is 4.90 Å². The molecule has 1 aromatic rings.